The van der Waals surface area contributed by atoms with Gasteiger partial charge in [0.1, 0.15) is 0 Å². The minimum absolute atomic E-state index is 0.0395. The summed E-state index contributed by atoms with van der Waals surface area (Å²) >= 11 is 0. The zero-order valence-corrected chi connectivity index (χ0v) is 17.2. The van der Waals surface area contributed by atoms with E-state index in [0.717, 1.165) is 12.0 Å². The second-order valence-electron chi connectivity index (χ2n) is 6.46. The highest BCUT2D eigenvalue weighted by Crippen LogP contribution is 2.21. The molecule has 0 aromatic heterocycles. The molecule has 0 saturated carbocycles. The first-order chi connectivity index (χ1) is 12.8. The van der Waals surface area contributed by atoms with Crippen LogP contribution in [0, 0.1) is 6.92 Å². The van der Waals surface area contributed by atoms with Crippen LogP contribution in [0.3, 0.4) is 0 Å². The third-order valence-electron chi connectivity index (χ3n) is 4.60. The van der Waals surface area contributed by atoms with Gasteiger partial charge in [0, 0.05) is 12.1 Å². The normalized spacial score (nSPS) is 12.4. The minimum atomic E-state index is -3.33. The second-order valence-corrected chi connectivity index (χ2v) is 8.64. The Balaban J connectivity index is 2.16. The van der Waals surface area contributed by atoms with Gasteiger partial charge in [0.15, 0.2) is 0 Å². The van der Waals surface area contributed by atoms with Gasteiger partial charge in [-0.3, -0.25) is 9.10 Å². The number of hydrogen-bond donors (Lipinski definition) is 1. The molecule has 0 aliphatic rings. The Morgan fingerprint density at radius 2 is 1.59 bits per heavy atom. The Hall–Kier alpha value is -2.34. The van der Waals surface area contributed by atoms with Crippen LogP contribution in [-0.4, -0.2) is 26.6 Å². The molecule has 0 unspecified atom stereocenters. The van der Waals surface area contributed by atoms with Gasteiger partial charge < -0.3 is 5.32 Å². The van der Waals surface area contributed by atoms with Gasteiger partial charge in [-0.25, -0.2) is 8.42 Å². The smallest absolute Gasteiger partial charge is 0.251 e. The SMILES string of the molecule is CC[C@H](NC(=O)c1ccc(N(CC)S(=O)(=O)CC)cc1)c1ccc(C)cc1. The number of nitrogens with one attached hydrogen (secondary N) is 1. The maximum absolute atomic E-state index is 12.6. The Morgan fingerprint density at radius 3 is 2.07 bits per heavy atom. The molecule has 0 saturated heterocycles. The summed E-state index contributed by atoms with van der Waals surface area (Å²) in [4.78, 5) is 12.6. The Labute approximate surface area is 162 Å². The van der Waals surface area contributed by atoms with E-state index in [1.807, 2.05) is 38.1 Å². The van der Waals surface area contributed by atoms with E-state index in [1.165, 1.54) is 9.87 Å². The molecular formula is C21H28N2O3S. The number of sulfonamides is 1. The zero-order valence-electron chi connectivity index (χ0n) is 16.4. The van der Waals surface area contributed by atoms with Crippen LogP contribution < -0.4 is 9.62 Å². The molecular weight excluding hydrogens is 360 g/mol. The maximum atomic E-state index is 12.6. The molecule has 0 fully saturated rings. The largest absolute Gasteiger partial charge is 0.345 e. The number of carbonyl (C=O) groups is 1. The highest BCUT2D eigenvalue weighted by Gasteiger charge is 2.19. The second kappa shape index (κ2) is 9.04. The summed E-state index contributed by atoms with van der Waals surface area (Å²) in [6, 6.07) is 14.8. The van der Waals surface area contributed by atoms with Crippen LogP contribution in [0.4, 0.5) is 5.69 Å². The van der Waals surface area contributed by atoms with Crippen LogP contribution in [0.1, 0.15) is 54.7 Å². The van der Waals surface area contributed by atoms with Crippen LogP contribution in [0.2, 0.25) is 0 Å². The molecule has 2 aromatic rings. The molecule has 0 spiro atoms. The summed E-state index contributed by atoms with van der Waals surface area (Å²) in [7, 11) is -3.33. The van der Waals surface area contributed by atoms with Gasteiger partial charge in [0.05, 0.1) is 17.5 Å². The van der Waals surface area contributed by atoms with E-state index in [1.54, 1.807) is 38.1 Å². The molecule has 0 aliphatic heterocycles. The fourth-order valence-electron chi connectivity index (χ4n) is 2.94. The topological polar surface area (TPSA) is 66.5 Å². The van der Waals surface area contributed by atoms with Crippen molar-refractivity contribution in [3.8, 4) is 0 Å². The van der Waals surface area contributed by atoms with Crippen molar-refractivity contribution in [3.05, 3.63) is 65.2 Å². The molecule has 0 heterocycles. The van der Waals surface area contributed by atoms with Crippen molar-refractivity contribution < 1.29 is 13.2 Å². The summed E-state index contributed by atoms with van der Waals surface area (Å²) in [6.45, 7) is 7.83. The standard InChI is InChI=1S/C21H28N2O3S/c1-5-20(17-10-8-16(4)9-11-17)22-21(24)18-12-14-19(15-13-18)23(6-2)27(25,26)7-3/h8-15,20H,5-7H2,1-4H3,(H,22,24)/t20-/m0/s1. The minimum Gasteiger partial charge on any atom is -0.345 e. The maximum Gasteiger partial charge on any atom is 0.251 e. The van der Waals surface area contributed by atoms with Crippen LogP contribution in [0.25, 0.3) is 0 Å². The number of hydrogen-bond acceptors (Lipinski definition) is 3. The summed E-state index contributed by atoms with van der Waals surface area (Å²) in [5.41, 5.74) is 3.33. The van der Waals surface area contributed by atoms with E-state index in [9.17, 15) is 13.2 Å². The average molecular weight is 389 g/mol. The number of benzene rings is 2. The first kappa shape index (κ1) is 21.0. The van der Waals surface area contributed by atoms with Gasteiger partial charge in [0.25, 0.3) is 5.91 Å². The number of nitrogens with zero attached hydrogens (tertiary/aromatic N) is 1. The molecule has 0 bridgehead atoms. The number of amides is 1. The van der Waals surface area contributed by atoms with Gasteiger partial charge in [0.2, 0.25) is 10.0 Å². The lowest BCUT2D eigenvalue weighted by atomic mass is 10.0. The van der Waals surface area contributed by atoms with Crippen LogP contribution in [-0.2, 0) is 10.0 Å². The molecule has 0 aliphatic carbocycles. The van der Waals surface area contributed by atoms with Crippen molar-refractivity contribution in [1.82, 2.24) is 5.32 Å². The van der Waals surface area contributed by atoms with Crippen molar-refractivity contribution in [2.75, 3.05) is 16.6 Å². The van der Waals surface area contributed by atoms with Gasteiger partial charge >= 0.3 is 0 Å². The predicted octanol–water partition coefficient (Wildman–Crippen LogP) is 4.05. The third kappa shape index (κ3) is 5.10. The zero-order chi connectivity index (χ0) is 20.0. The van der Waals surface area contributed by atoms with E-state index in [4.69, 9.17) is 0 Å². The highest BCUT2D eigenvalue weighted by atomic mass is 32.2. The Kier molecular flexibility index (Phi) is 7.02. The van der Waals surface area contributed by atoms with Crippen molar-refractivity contribution in [2.45, 2.75) is 40.2 Å². The van der Waals surface area contributed by atoms with E-state index in [-0.39, 0.29) is 17.7 Å². The summed E-state index contributed by atoms with van der Waals surface area (Å²) in [5, 5.41) is 3.05. The van der Waals surface area contributed by atoms with E-state index < -0.39 is 10.0 Å². The van der Waals surface area contributed by atoms with Crippen molar-refractivity contribution in [2.24, 2.45) is 0 Å². The van der Waals surface area contributed by atoms with Gasteiger partial charge in [-0.15, -0.1) is 0 Å². The molecule has 2 rings (SSSR count). The van der Waals surface area contributed by atoms with Crippen molar-refractivity contribution in [1.29, 1.82) is 0 Å². The first-order valence-corrected chi connectivity index (χ1v) is 10.9. The number of rotatable bonds is 8. The van der Waals surface area contributed by atoms with E-state index in [2.05, 4.69) is 5.32 Å². The Bertz CT molecular complexity index is 859. The Morgan fingerprint density at radius 1 is 1.00 bits per heavy atom. The number of carbonyl (C=O) groups excluding carboxylic acids is 1. The van der Waals surface area contributed by atoms with Crippen LogP contribution in [0.15, 0.2) is 48.5 Å². The van der Waals surface area contributed by atoms with Gasteiger partial charge in [-0.2, -0.15) is 0 Å². The van der Waals surface area contributed by atoms with E-state index >= 15 is 0 Å². The third-order valence-corrected chi connectivity index (χ3v) is 6.47. The molecule has 146 valence electrons. The fourth-order valence-corrected chi connectivity index (χ4v) is 4.08. The molecule has 0 radical (unpaired) electrons. The van der Waals surface area contributed by atoms with Crippen LogP contribution in [0.5, 0.6) is 0 Å². The molecule has 1 N–H and O–H groups in total. The quantitative estimate of drug-likeness (QED) is 0.742. The van der Waals surface area contributed by atoms with Gasteiger partial charge in [-0.05, 0) is 57.0 Å². The molecule has 27 heavy (non-hydrogen) atoms. The fraction of sp³-hybridized carbons (Fsp3) is 0.381. The van der Waals surface area contributed by atoms with Crippen LogP contribution >= 0.6 is 0 Å². The molecule has 1 amide bonds. The van der Waals surface area contributed by atoms with E-state index in [0.29, 0.717) is 17.8 Å². The van der Waals surface area contributed by atoms with Crippen molar-refractivity contribution in [3.63, 3.8) is 0 Å². The predicted molar refractivity (Wildman–Crippen MR) is 111 cm³/mol. The lowest BCUT2D eigenvalue weighted by Gasteiger charge is -2.22. The molecule has 2 aromatic carbocycles. The molecule has 6 heteroatoms. The summed E-state index contributed by atoms with van der Waals surface area (Å²) in [6.07, 6.45) is 0.783. The lowest BCUT2D eigenvalue weighted by molar-refractivity contribution is 0.0935. The number of anilines is 1. The summed E-state index contributed by atoms with van der Waals surface area (Å²) < 4.78 is 25.7. The molecule has 1 atom stereocenters. The first-order valence-electron chi connectivity index (χ1n) is 9.30. The highest BCUT2D eigenvalue weighted by molar-refractivity contribution is 7.92. The lowest BCUT2D eigenvalue weighted by Crippen LogP contribution is -2.32. The molecule has 5 nitrogen and oxygen atoms in total. The van der Waals surface area contributed by atoms with Crippen molar-refractivity contribution >= 4 is 21.6 Å². The van der Waals surface area contributed by atoms with Gasteiger partial charge in [-0.1, -0.05) is 36.8 Å². The number of aryl methyl sites for hydroxylation is 1. The monoisotopic (exact) mass is 388 g/mol. The summed E-state index contributed by atoms with van der Waals surface area (Å²) in [5.74, 6) is -0.131. The average Bonchev–Trinajstić information content (AvgIpc) is 2.67.